The van der Waals surface area contributed by atoms with E-state index in [9.17, 15) is 4.79 Å². The standard InChI is InChI=1S/C10H21NO2/c1-6-13-11-9(12)8(2)7-10(3,4)5/h8H,6-7H2,1-5H3,(H,11,12)/t8-/m0/s1. The Bertz CT molecular complexity index is 161. The summed E-state index contributed by atoms with van der Waals surface area (Å²) < 4.78 is 0. The Morgan fingerprint density at radius 1 is 1.46 bits per heavy atom. The number of hydrogen-bond acceptors (Lipinski definition) is 2. The van der Waals surface area contributed by atoms with Gasteiger partial charge in [0.1, 0.15) is 0 Å². The zero-order valence-corrected chi connectivity index (χ0v) is 9.31. The van der Waals surface area contributed by atoms with Crippen LogP contribution in [0.4, 0.5) is 0 Å². The normalized spacial score (nSPS) is 13.9. The van der Waals surface area contributed by atoms with Gasteiger partial charge in [0.25, 0.3) is 0 Å². The summed E-state index contributed by atoms with van der Waals surface area (Å²) in [5, 5.41) is 0. The average Bonchev–Trinajstić information content (AvgIpc) is 1.96. The first-order valence-corrected chi connectivity index (χ1v) is 4.78. The fourth-order valence-corrected chi connectivity index (χ4v) is 1.26. The van der Waals surface area contributed by atoms with Crippen LogP contribution < -0.4 is 5.48 Å². The SMILES string of the molecule is CCONC(=O)[C@@H](C)CC(C)(C)C. The zero-order chi connectivity index (χ0) is 10.5. The van der Waals surface area contributed by atoms with Crippen LogP contribution in [0.2, 0.25) is 0 Å². The first-order valence-electron chi connectivity index (χ1n) is 4.78. The van der Waals surface area contributed by atoms with Gasteiger partial charge in [0, 0.05) is 5.92 Å². The van der Waals surface area contributed by atoms with Crippen molar-refractivity contribution in [1.29, 1.82) is 0 Å². The predicted octanol–water partition coefficient (Wildman–Crippen LogP) is 2.13. The third-order valence-corrected chi connectivity index (χ3v) is 1.68. The quantitative estimate of drug-likeness (QED) is 0.685. The molecule has 0 unspecified atom stereocenters. The largest absolute Gasteiger partial charge is 0.274 e. The second kappa shape index (κ2) is 5.22. The van der Waals surface area contributed by atoms with E-state index in [2.05, 4.69) is 26.3 Å². The average molecular weight is 187 g/mol. The molecule has 3 nitrogen and oxygen atoms in total. The lowest BCUT2D eigenvalue weighted by atomic mass is 9.85. The zero-order valence-electron chi connectivity index (χ0n) is 9.31. The highest BCUT2D eigenvalue weighted by atomic mass is 16.6. The molecule has 1 N–H and O–H groups in total. The molecule has 0 rings (SSSR count). The molecule has 0 saturated carbocycles. The number of rotatable bonds is 4. The van der Waals surface area contributed by atoms with Gasteiger partial charge in [-0.25, -0.2) is 5.48 Å². The Labute approximate surface area is 80.8 Å². The van der Waals surface area contributed by atoms with Gasteiger partial charge in [-0.1, -0.05) is 27.7 Å². The van der Waals surface area contributed by atoms with E-state index in [1.54, 1.807) is 0 Å². The second-order valence-electron chi connectivity index (χ2n) is 4.57. The van der Waals surface area contributed by atoms with E-state index in [-0.39, 0.29) is 17.2 Å². The minimum Gasteiger partial charge on any atom is -0.274 e. The minimum absolute atomic E-state index is 0.00606. The Hall–Kier alpha value is -0.570. The van der Waals surface area contributed by atoms with Gasteiger partial charge in [0.05, 0.1) is 6.61 Å². The van der Waals surface area contributed by atoms with Crippen molar-refractivity contribution in [1.82, 2.24) is 5.48 Å². The maximum absolute atomic E-state index is 11.3. The monoisotopic (exact) mass is 187 g/mol. The van der Waals surface area contributed by atoms with Crippen LogP contribution in [0.25, 0.3) is 0 Å². The summed E-state index contributed by atoms with van der Waals surface area (Å²) in [4.78, 5) is 16.2. The summed E-state index contributed by atoms with van der Waals surface area (Å²) in [6.45, 7) is 10.6. The molecule has 78 valence electrons. The van der Waals surface area contributed by atoms with Crippen LogP contribution in [0.1, 0.15) is 41.0 Å². The topological polar surface area (TPSA) is 38.3 Å². The van der Waals surface area contributed by atoms with Crippen LogP contribution in [0, 0.1) is 11.3 Å². The second-order valence-corrected chi connectivity index (χ2v) is 4.57. The molecule has 0 radical (unpaired) electrons. The van der Waals surface area contributed by atoms with Crippen LogP contribution in [-0.4, -0.2) is 12.5 Å². The number of carbonyl (C=O) groups is 1. The summed E-state index contributed by atoms with van der Waals surface area (Å²) in [6.07, 6.45) is 0.867. The maximum atomic E-state index is 11.3. The minimum atomic E-state index is -0.0308. The molecular formula is C10H21NO2. The van der Waals surface area contributed by atoms with E-state index in [1.165, 1.54) is 0 Å². The van der Waals surface area contributed by atoms with E-state index in [4.69, 9.17) is 4.84 Å². The van der Waals surface area contributed by atoms with Crippen LogP contribution in [0.15, 0.2) is 0 Å². The van der Waals surface area contributed by atoms with E-state index in [0.717, 1.165) is 6.42 Å². The van der Waals surface area contributed by atoms with Gasteiger partial charge in [-0.2, -0.15) is 0 Å². The van der Waals surface area contributed by atoms with Gasteiger partial charge in [0.2, 0.25) is 5.91 Å². The fraction of sp³-hybridized carbons (Fsp3) is 0.900. The van der Waals surface area contributed by atoms with E-state index in [0.29, 0.717) is 6.61 Å². The molecule has 1 atom stereocenters. The summed E-state index contributed by atoms with van der Waals surface area (Å²) in [7, 11) is 0. The maximum Gasteiger partial charge on any atom is 0.246 e. The molecule has 13 heavy (non-hydrogen) atoms. The van der Waals surface area contributed by atoms with E-state index >= 15 is 0 Å². The molecule has 0 bridgehead atoms. The molecule has 0 aliphatic rings. The number of carbonyl (C=O) groups excluding carboxylic acids is 1. The molecular weight excluding hydrogens is 166 g/mol. The first kappa shape index (κ1) is 12.4. The van der Waals surface area contributed by atoms with Crippen molar-refractivity contribution in [3.63, 3.8) is 0 Å². The lowest BCUT2D eigenvalue weighted by Crippen LogP contribution is -2.31. The van der Waals surface area contributed by atoms with Gasteiger partial charge in [-0.3, -0.25) is 9.63 Å². The third-order valence-electron chi connectivity index (χ3n) is 1.68. The first-order chi connectivity index (χ1) is 5.87. The number of hydrogen-bond donors (Lipinski definition) is 1. The lowest BCUT2D eigenvalue weighted by Gasteiger charge is -2.22. The number of nitrogens with one attached hydrogen (secondary N) is 1. The molecule has 0 aliphatic carbocycles. The Morgan fingerprint density at radius 3 is 2.38 bits per heavy atom. The molecule has 0 saturated heterocycles. The van der Waals surface area contributed by atoms with Gasteiger partial charge < -0.3 is 0 Å². The van der Waals surface area contributed by atoms with Crippen LogP contribution in [0.5, 0.6) is 0 Å². The third kappa shape index (κ3) is 6.58. The molecule has 1 amide bonds. The van der Waals surface area contributed by atoms with Crippen LogP contribution in [0.3, 0.4) is 0 Å². The van der Waals surface area contributed by atoms with E-state index in [1.807, 2.05) is 13.8 Å². The van der Waals surface area contributed by atoms with Crippen molar-refractivity contribution in [2.75, 3.05) is 6.61 Å². The Morgan fingerprint density at radius 2 is 2.00 bits per heavy atom. The van der Waals surface area contributed by atoms with Crippen molar-refractivity contribution in [2.45, 2.75) is 41.0 Å². The van der Waals surface area contributed by atoms with Crippen molar-refractivity contribution in [2.24, 2.45) is 11.3 Å². The summed E-state index contributed by atoms with van der Waals surface area (Å²) in [6, 6.07) is 0. The summed E-state index contributed by atoms with van der Waals surface area (Å²) >= 11 is 0. The fourth-order valence-electron chi connectivity index (χ4n) is 1.26. The predicted molar refractivity (Wildman–Crippen MR) is 53.0 cm³/mol. The Balaban J connectivity index is 3.83. The van der Waals surface area contributed by atoms with Gasteiger partial charge >= 0.3 is 0 Å². The molecule has 3 heteroatoms. The van der Waals surface area contributed by atoms with Crippen LogP contribution in [-0.2, 0) is 9.63 Å². The van der Waals surface area contributed by atoms with Crippen molar-refractivity contribution in [3.05, 3.63) is 0 Å². The highest BCUT2D eigenvalue weighted by molar-refractivity contribution is 5.77. The molecule has 0 aliphatic heterocycles. The molecule has 0 aromatic heterocycles. The summed E-state index contributed by atoms with van der Waals surface area (Å²) in [5.74, 6) is -0.0247. The Kier molecular flexibility index (Phi) is 4.99. The van der Waals surface area contributed by atoms with Crippen molar-refractivity contribution >= 4 is 5.91 Å². The van der Waals surface area contributed by atoms with Crippen molar-refractivity contribution < 1.29 is 9.63 Å². The highest BCUT2D eigenvalue weighted by Gasteiger charge is 2.20. The molecule has 0 aromatic rings. The van der Waals surface area contributed by atoms with Crippen LogP contribution >= 0.6 is 0 Å². The van der Waals surface area contributed by atoms with Gasteiger partial charge in [-0.05, 0) is 18.8 Å². The molecule has 0 heterocycles. The van der Waals surface area contributed by atoms with Crippen molar-refractivity contribution in [3.8, 4) is 0 Å². The highest BCUT2D eigenvalue weighted by Crippen LogP contribution is 2.23. The summed E-state index contributed by atoms with van der Waals surface area (Å²) in [5.41, 5.74) is 2.60. The van der Waals surface area contributed by atoms with Gasteiger partial charge in [0.15, 0.2) is 0 Å². The molecule has 0 spiro atoms. The van der Waals surface area contributed by atoms with Gasteiger partial charge in [-0.15, -0.1) is 0 Å². The van der Waals surface area contributed by atoms with E-state index < -0.39 is 0 Å². The molecule has 0 aromatic carbocycles. The smallest absolute Gasteiger partial charge is 0.246 e. The molecule has 0 fully saturated rings. The number of amides is 1. The number of hydroxylamine groups is 1. The lowest BCUT2D eigenvalue weighted by molar-refractivity contribution is -0.137.